The molecular weight excluding hydrogens is 958 g/mol. The van der Waals surface area contributed by atoms with Crippen molar-refractivity contribution in [2.45, 2.75) is 13.3 Å². The maximum absolute atomic E-state index is 14.6. The number of amides is 1. The van der Waals surface area contributed by atoms with Gasteiger partial charge in [0.2, 0.25) is 0 Å². The van der Waals surface area contributed by atoms with Gasteiger partial charge in [-0.1, -0.05) is 103 Å². The van der Waals surface area contributed by atoms with E-state index in [0.29, 0.717) is 99.9 Å². The van der Waals surface area contributed by atoms with Gasteiger partial charge in [0.15, 0.2) is 23.6 Å². The molecule has 0 bridgehead atoms. The minimum absolute atomic E-state index is 0.0146. The number of aldehydes is 1. The Labute approximate surface area is 423 Å². The summed E-state index contributed by atoms with van der Waals surface area (Å²) in [6.45, 7) is 2.00. The Hall–Kier alpha value is -9.23. The summed E-state index contributed by atoms with van der Waals surface area (Å²) in [5.41, 5.74) is 7.89. The number of anilines is 1. The number of azo groups is 2. The molecule has 0 aliphatic heterocycles. The molecule has 10 aromatic carbocycles. The highest BCUT2D eigenvalue weighted by molar-refractivity contribution is 6.33. The van der Waals surface area contributed by atoms with Crippen LogP contribution in [0.3, 0.4) is 0 Å². The molecule has 13 rings (SSSR count). The molecule has 1 amide bonds. The van der Waals surface area contributed by atoms with Crippen molar-refractivity contribution in [3.8, 4) is 22.6 Å². The van der Waals surface area contributed by atoms with Gasteiger partial charge < -0.3 is 25.5 Å². The molecular formula is C59H35Cl2N7O5. The molecule has 350 valence electrons. The molecule has 5 N–H and O–H groups in total. The lowest BCUT2D eigenvalue weighted by atomic mass is 9.82. The topological polar surface area (TPSA) is 185 Å². The number of rotatable bonds is 8. The molecule has 1 aliphatic rings. The second kappa shape index (κ2) is 16.7. The SMILES string of the molecule is CCc1ccccc1NC(=O)c1cc2ccc3c4cc(Cl)ccc4[nH]c3c2c(N=Nc2ccc3c4c(cccc24)C(=O)c2cc(N=Nc4c(O)c(C=O)cc5ccc6c7cc(Cl)ccc7[nH]c6c45)ccc2-3)c1O. The number of aromatic hydroxyl groups is 2. The van der Waals surface area contributed by atoms with Crippen molar-refractivity contribution >= 4 is 146 Å². The van der Waals surface area contributed by atoms with Crippen molar-refractivity contribution in [3.05, 3.63) is 183 Å². The van der Waals surface area contributed by atoms with Gasteiger partial charge in [0.1, 0.15) is 11.4 Å². The van der Waals surface area contributed by atoms with Crippen LogP contribution >= 0.6 is 23.2 Å². The largest absolute Gasteiger partial charge is 0.505 e. The second-order valence-corrected chi connectivity index (χ2v) is 18.9. The number of aromatic amines is 2. The molecule has 0 atom stereocenters. The lowest BCUT2D eigenvalue weighted by molar-refractivity contribution is 0.102. The van der Waals surface area contributed by atoms with Crippen molar-refractivity contribution in [1.29, 1.82) is 0 Å². The number of fused-ring (bicyclic) bond motifs is 12. The number of H-pyrrole nitrogens is 2. The number of hydrogen-bond acceptors (Lipinski definition) is 9. The fourth-order valence-corrected chi connectivity index (χ4v) is 10.8. The predicted molar refractivity (Wildman–Crippen MR) is 290 cm³/mol. The first-order chi connectivity index (χ1) is 35.6. The lowest BCUT2D eigenvalue weighted by Gasteiger charge is -2.20. The summed E-state index contributed by atoms with van der Waals surface area (Å²) in [4.78, 5) is 47.7. The number of phenolic OH excluding ortho intramolecular Hbond substituents is 2. The Morgan fingerprint density at radius 2 is 1.25 bits per heavy atom. The highest BCUT2D eigenvalue weighted by Crippen LogP contribution is 2.48. The number of carbonyl (C=O) groups excluding carboxylic acids is 3. The van der Waals surface area contributed by atoms with Crippen molar-refractivity contribution in [3.63, 3.8) is 0 Å². The van der Waals surface area contributed by atoms with Crippen LogP contribution in [0.2, 0.25) is 10.0 Å². The molecule has 2 heterocycles. The van der Waals surface area contributed by atoms with E-state index in [1.54, 1.807) is 48.5 Å². The highest BCUT2D eigenvalue weighted by atomic mass is 35.5. The molecule has 12 aromatic rings. The molecule has 0 spiro atoms. The minimum atomic E-state index is -0.514. The van der Waals surface area contributed by atoms with E-state index in [2.05, 4.69) is 25.5 Å². The third-order valence-electron chi connectivity index (χ3n) is 13.9. The van der Waals surface area contributed by atoms with E-state index in [4.69, 9.17) is 33.4 Å². The van der Waals surface area contributed by atoms with Gasteiger partial charge in [0.25, 0.3) is 5.91 Å². The summed E-state index contributed by atoms with van der Waals surface area (Å²) in [5, 5.41) is 53.5. The summed E-state index contributed by atoms with van der Waals surface area (Å²) in [6, 6.07) is 43.8. The fraction of sp³-hybridized carbons (Fsp3) is 0.0339. The Morgan fingerprint density at radius 1 is 0.589 bits per heavy atom. The van der Waals surface area contributed by atoms with Gasteiger partial charge in [-0.05, 0) is 107 Å². The lowest BCUT2D eigenvalue weighted by Crippen LogP contribution is -2.13. The normalized spacial score (nSPS) is 12.5. The summed E-state index contributed by atoms with van der Waals surface area (Å²) in [6.07, 6.45) is 1.26. The first-order valence-electron chi connectivity index (χ1n) is 23.3. The van der Waals surface area contributed by atoms with E-state index in [-0.39, 0.29) is 39.8 Å². The number of ketones is 1. The van der Waals surface area contributed by atoms with E-state index in [1.165, 1.54) is 0 Å². The average Bonchev–Trinajstić information content (AvgIpc) is 3.97. The first-order valence-corrected chi connectivity index (χ1v) is 24.0. The van der Waals surface area contributed by atoms with E-state index < -0.39 is 5.91 Å². The predicted octanol–water partition coefficient (Wildman–Crippen LogP) is 16.8. The zero-order chi connectivity index (χ0) is 49.8. The first kappa shape index (κ1) is 43.8. The molecule has 1 aliphatic carbocycles. The zero-order valence-corrected chi connectivity index (χ0v) is 39.8. The minimum Gasteiger partial charge on any atom is -0.505 e. The van der Waals surface area contributed by atoms with Crippen LogP contribution in [0.4, 0.5) is 28.4 Å². The number of halogens is 2. The van der Waals surface area contributed by atoms with Gasteiger partial charge >= 0.3 is 0 Å². The number of benzene rings is 10. The van der Waals surface area contributed by atoms with Gasteiger partial charge in [-0.2, -0.15) is 5.11 Å². The molecule has 12 nitrogen and oxygen atoms in total. The molecule has 0 saturated heterocycles. The van der Waals surface area contributed by atoms with Crippen LogP contribution in [0.25, 0.3) is 87.1 Å². The third kappa shape index (κ3) is 6.86. The quantitative estimate of drug-likeness (QED) is 0.0748. The number of phenols is 2. The van der Waals surface area contributed by atoms with Crippen LogP contribution in [-0.4, -0.2) is 38.2 Å². The number of para-hydroxylation sites is 1. The average molecular weight is 993 g/mol. The highest BCUT2D eigenvalue weighted by Gasteiger charge is 2.28. The van der Waals surface area contributed by atoms with Crippen molar-refractivity contribution in [2.75, 3.05) is 5.32 Å². The summed E-state index contributed by atoms with van der Waals surface area (Å²) >= 11 is 12.8. The van der Waals surface area contributed by atoms with Crippen LogP contribution in [0.1, 0.15) is 49.1 Å². The number of aryl methyl sites for hydroxylation is 1. The van der Waals surface area contributed by atoms with Gasteiger partial charge in [-0.25, -0.2) is 0 Å². The third-order valence-corrected chi connectivity index (χ3v) is 14.4. The molecule has 14 heteroatoms. The number of hydrogen-bond donors (Lipinski definition) is 5. The molecule has 0 radical (unpaired) electrons. The van der Waals surface area contributed by atoms with Crippen LogP contribution in [0.5, 0.6) is 11.5 Å². The van der Waals surface area contributed by atoms with Crippen molar-refractivity contribution < 1.29 is 24.6 Å². The smallest absolute Gasteiger partial charge is 0.259 e. The van der Waals surface area contributed by atoms with Crippen molar-refractivity contribution in [1.82, 2.24) is 9.97 Å². The number of nitrogens with one attached hydrogen (secondary N) is 3. The van der Waals surface area contributed by atoms with E-state index >= 15 is 0 Å². The maximum atomic E-state index is 14.6. The summed E-state index contributed by atoms with van der Waals surface area (Å²) < 4.78 is 0. The number of nitrogens with zero attached hydrogens (tertiary/aromatic N) is 4. The fourth-order valence-electron chi connectivity index (χ4n) is 10.5. The van der Waals surface area contributed by atoms with Crippen LogP contribution in [0, 0.1) is 0 Å². The summed E-state index contributed by atoms with van der Waals surface area (Å²) in [7, 11) is 0. The van der Waals surface area contributed by atoms with Crippen LogP contribution < -0.4 is 5.32 Å². The zero-order valence-electron chi connectivity index (χ0n) is 38.3. The van der Waals surface area contributed by atoms with Crippen molar-refractivity contribution in [2.24, 2.45) is 20.5 Å². The van der Waals surface area contributed by atoms with Crippen LogP contribution in [0.15, 0.2) is 166 Å². The van der Waals surface area contributed by atoms with Crippen LogP contribution in [-0.2, 0) is 6.42 Å². The number of carbonyl (C=O) groups is 3. The second-order valence-electron chi connectivity index (χ2n) is 18.0. The van der Waals surface area contributed by atoms with E-state index in [9.17, 15) is 24.6 Å². The van der Waals surface area contributed by atoms with E-state index in [1.807, 2.05) is 104 Å². The molecule has 2 aromatic heterocycles. The Kier molecular flexibility index (Phi) is 10.0. The van der Waals surface area contributed by atoms with Gasteiger partial charge in [0, 0.05) is 81.0 Å². The number of aromatic nitrogens is 2. The Morgan fingerprint density at radius 3 is 1.95 bits per heavy atom. The molecule has 0 saturated carbocycles. The standard InChI is InChI=1S/C59H35Cl2N7O5/c1-2-28-6-3-4-9-45(28)64-59(73)44-23-30-11-16-38-42-25-33(61)13-20-47(42)63-53(38)50(30)55(58(44)72)68-66-48-21-18-36-35-17-14-34(26-43(35)57(71)40-8-5-7-39(48)51(36)40)65-67-54-49-29(22-31(27-69)56(54)70)10-15-37-41-24-32(60)12-19-46(41)62-52(37)49/h3-27,62-63,70,72H,2H2,1H3,(H,64,73). The van der Waals surface area contributed by atoms with Gasteiger partial charge in [-0.3, -0.25) is 14.4 Å². The molecule has 0 fully saturated rings. The molecule has 73 heavy (non-hydrogen) atoms. The summed E-state index contributed by atoms with van der Waals surface area (Å²) in [5.74, 6) is -1.45. The Balaban J connectivity index is 0.911. The van der Waals surface area contributed by atoms with E-state index in [0.717, 1.165) is 43.7 Å². The van der Waals surface area contributed by atoms with Gasteiger partial charge in [-0.15, -0.1) is 15.3 Å². The Bertz CT molecular complexity index is 4540. The van der Waals surface area contributed by atoms with Gasteiger partial charge in [0.05, 0.1) is 33.5 Å². The molecule has 0 unspecified atom stereocenters. The maximum Gasteiger partial charge on any atom is 0.259 e. The monoisotopic (exact) mass is 991 g/mol.